The number of Topliss-reactive ketones (excluding diaryl/α,β-unsaturated/α-hetero) is 1. The molecule has 0 bridgehead atoms. The number of H-pyrrole nitrogens is 1. The second kappa shape index (κ2) is 9.17. The van der Waals surface area contributed by atoms with Crippen molar-refractivity contribution in [2.45, 2.75) is 25.3 Å². The number of ether oxygens (including phenoxy) is 1. The third kappa shape index (κ3) is 4.02. The molecule has 4 aromatic rings. The highest BCUT2D eigenvalue weighted by Gasteiger charge is 2.46. The fraction of sp³-hybridized carbons (Fsp3) is 0.200. The van der Waals surface area contributed by atoms with Crippen molar-refractivity contribution in [2.24, 2.45) is 0 Å². The number of nitrogens with one attached hydrogen (secondary N) is 1. The lowest BCUT2D eigenvalue weighted by Gasteiger charge is -2.25. The van der Waals surface area contributed by atoms with E-state index in [4.69, 9.17) is 4.74 Å². The van der Waals surface area contributed by atoms with Crippen molar-refractivity contribution >= 4 is 28.4 Å². The maximum absolute atomic E-state index is 13.4. The molecule has 3 N–H and O–H groups in total. The molecule has 0 spiro atoms. The quantitative estimate of drug-likeness (QED) is 0.209. The minimum atomic E-state index is -0.829. The number of hydrogen-bond donors (Lipinski definition) is 3. The van der Waals surface area contributed by atoms with Crippen molar-refractivity contribution in [1.82, 2.24) is 9.88 Å². The molecule has 1 aromatic heterocycles. The van der Waals surface area contributed by atoms with E-state index in [2.05, 4.69) is 4.98 Å². The number of para-hydroxylation sites is 1. The first kappa shape index (κ1) is 22.9. The van der Waals surface area contributed by atoms with Crippen LogP contribution in [0.4, 0.5) is 0 Å². The molecule has 7 heteroatoms. The summed E-state index contributed by atoms with van der Waals surface area (Å²) in [5, 5.41) is 22.6. The van der Waals surface area contributed by atoms with Gasteiger partial charge in [-0.25, -0.2) is 0 Å². The molecule has 7 nitrogen and oxygen atoms in total. The molecule has 2 aliphatic rings. The molecule has 1 atom stereocenters. The number of rotatable bonds is 5. The molecule has 0 saturated carbocycles. The highest BCUT2D eigenvalue weighted by atomic mass is 16.5. The zero-order valence-electron chi connectivity index (χ0n) is 20.1. The molecule has 1 saturated heterocycles. The van der Waals surface area contributed by atoms with Gasteiger partial charge in [-0.05, 0) is 72.4 Å². The number of aliphatic hydroxyl groups is 1. The zero-order valence-corrected chi connectivity index (χ0v) is 20.1. The predicted octanol–water partition coefficient (Wildman–Crippen LogP) is 4.86. The van der Waals surface area contributed by atoms with Gasteiger partial charge < -0.3 is 24.8 Å². The lowest BCUT2D eigenvalue weighted by molar-refractivity contribution is -0.139. The van der Waals surface area contributed by atoms with Crippen LogP contribution in [0.5, 0.6) is 11.5 Å². The topological polar surface area (TPSA) is 103 Å². The fourth-order valence-corrected chi connectivity index (χ4v) is 5.39. The number of likely N-dealkylation sites (tertiary alicyclic amines) is 1. The normalized spacial score (nSPS) is 18.7. The third-order valence-electron chi connectivity index (χ3n) is 7.20. The molecule has 0 radical (unpaired) electrons. The summed E-state index contributed by atoms with van der Waals surface area (Å²) in [5.41, 5.74) is 4.02. The maximum Gasteiger partial charge on any atom is 0.295 e. The minimum absolute atomic E-state index is 0.0191. The van der Waals surface area contributed by atoms with Crippen molar-refractivity contribution in [3.63, 3.8) is 0 Å². The number of aryl methyl sites for hydroxylation is 1. The lowest BCUT2D eigenvalue weighted by Crippen LogP contribution is -2.31. The standard InChI is InChI=1S/C30H26N2O5/c33-22-7-3-5-19(16-22)27-26(28(34)20-10-11-25-18(15-20)6-4-14-37-25)29(35)30(36)32(27)13-12-21-17-31-24-9-2-1-8-23(21)24/h1-3,5,7-11,15-17,27,31,33-34H,4,6,12-14H2/b28-26-. The Morgan fingerprint density at radius 3 is 2.78 bits per heavy atom. The average Bonchev–Trinajstić information content (AvgIpc) is 3.45. The molecule has 3 aromatic carbocycles. The lowest BCUT2D eigenvalue weighted by atomic mass is 9.93. The number of ketones is 1. The van der Waals surface area contributed by atoms with Crippen LogP contribution in [-0.2, 0) is 22.4 Å². The Balaban J connectivity index is 1.41. The summed E-state index contributed by atoms with van der Waals surface area (Å²) in [6.45, 7) is 0.916. The number of phenols is 1. The molecular formula is C30H26N2O5. The fourth-order valence-electron chi connectivity index (χ4n) is 5.39. The van der Waals surface area contributed by atoms with Crippen LogP contribution >= 0.6 is 0 Å². The number of phenolic OH excluding ortho intramolecular Hbond substituents is 1. The van der Waals surface area contributed by atoms with Crippen molar-refractivity contribution in [2.75, 3.05) is 13.2 Å². The predicted molar refractivity (Wildman–Crippen MR) is 139 cm³/mol. The number of carbonyl (C=O) groups excluding carboxylic acids is 2. The Morgan fingerprint density at radius 1 is 1.05 bits per heavy atom. The molecule has 2 aliphatic heterocycles. The van der Waals surface area contributed by atoms with Gasteiger partial charge in [0, 0.05) is 29.2 Å². The van der Waals surface area contributed by atoms with E-state index in [0.717, 1.165) is 40.6 Å². The Kier molecular flexibility index (Phi) is 5.68. The van der Waals surface area contributed by atoms with E-state index < -0.39 is 17.7 Å². The summed E-state index contributed by atoms with van der Waals surface area (Å²) in [4.78, 5) is 31.4. The summed E-state index contributed by atoms with van der Waals surface area (Å²) < 4.78 is 5.68. The summed E-state index contributed by atoms with van der Waals surface area (Å²) in [7, 11) is 0. The van der Waals surface area contributed by atoms with Crippen molar-refractivity contribution in [3.8, 4) is 11.5 Å². The molecule has 0 aliphatic carbocycles. The van der Waals surface area contributed by atoms with Gasteiger partial charge in [-0.3, -0.25) is 9.59 Å². The van der Waals surface area contributed by atoms with E-state index in [1.165, 1.54) is 17.0 Å². The van der Waals surface area contributed by atoms with Gasteiger partial charge in [0.15, 0.2) is 0 Å². The molecule has 1 unspecified atom stereocenters. The largest absolute Gasteiger partial charge is 0.508 e. The van der Waals surface area contributed by atoms with Gasteiger partial charge in [0.05, 0.1) is 18.2 Å². The number of aromatic hydroxyl groups is 1. The van der Waals surface area contributed by atoms with Crippen LogP contribution in [0.25, 0.3) is 16.7 Å². The number of hydrogen-bond acceptors (Lipinski definition) is 5. The number of aromatic amines is 1. The van der Waals surface area contributed by atoms with E-state index in [9.17, 15) is 19.8 Å². The second-order valence-corrected chi connectivity index (χ2v) is 9.47. The Morgan fingerprint density at radius 2 is 1.92 bits per heavy atom. The summed E-state index contributed by atoms with van der Waals surface area (Å²) in [6, 6.07) is 18.9. The van der Waals surface area contributed by atoms with Crippen molar-refractivity contribution in [1.29, 1.82) is 0 Å². The summed E-state index contributed by atoms with van der Waals surface area (Å²) in [6.07, 6.45) is 4.12. The minimum Gasteiger partial charge on any atom is -0.508 e. The summed E-state index contributed by atoms with van der Waals surface area (Å²) in [5.74, 6) is -0.846. The van der Waals surface area contributed by atoms with Gasteiger partial charge in [-0.2, -0.15) is 0 Å². The highest BCUT2D eigenvalue weighted by molar-refractivity contribution is 6.46. The van der Waals surface area contributed by atoms with Crippen LogP contribution in [0.2, 0.25) is 0 Å². The highest BCUT2D eigenvalue weighted by Crippen LogP contribution is 2.41. The molecule has 6 rings (SSSR count). The van der Waals surface area contributed by atoms with E-state index >= 15 is 0 Å². The van der Waals surface area contributed by atoms with Crippen LogP contribution in [0.1, 0.15) is 34.7 Å². The smallest absolute Gasteiger partial charge is 0.295 e. The second-order valence-electron chi connectivity index (χ2n) is 9.47. The number of benzene rings is 3. The van der Waals surface area contributed by atoms with Crippen LogP contribution in [0.15, 0.2) is 78.5 Å². The van der Waals surface area contributed by atoms with Gasteiger partial charge in [0.2, 0.25) is 0 Å². The van der Waals surface area contributed by atoms with Crippen molar-refractivity contribution in [3.05, 3.63) is 101 Å². The van der Waals surface area contributed by atoms with E-state index in [0.29, 0.717) is 24.2 Å². The molecule has 1 fully saturated rings. The van der Waals surface area contributed by atoms with E-state index in [1.54, 1.807) is 24.3 Å². The van der Waals surface area contributed by atoms with Crippen LogP contribution < -0.4 is 4.74 Å². The average molecular weight is 495 g/mol. The van der Waals surface area contributed by atoms with Crippen LogP contribution in [0, 0.1) is 0 Å². The first-order valence-corrected chi connectivity index (χ1v) is 12.4. The number of aromatic nitrogens is 1. The van der Waals surface area contributed by atoms with Gasteiger partial charge in [0.25, 0.3) is 11.7 Å². The molecule has 1 amide bonds. The number of aliphatic hydroxyl groups excluding tert-OH is 1. The first-order chi connectivity index (χ1) is 18.0. The first-order valence-electron chi connectivity index (χ1n) is 12.4. The van der Waals surface area contributed by atoms with Crippen LogP contribution in [-0.4, -0.2) is 44.9 Å². The number of amides is 1. The van der Waals surface area contributed by atoms with E-state index in [1.807, 2.05) is 36.5 Å². The van der Waals surface area contributed by atoms with Crippen molar-refractivity contribution < 1.29 is 24.5 Å². The SMILES string of the molecule is O=C1C(=O)N(CCc2c[nH]c3ccccc23)C(c2cccc(O)c2)/C1=C(/O)c1ccc2c(c1)CCCO2. The van der Waals surface area contributed by atoms with E-state index in [-0.39, 0.29) is 23.6 Å². The zero-order chi connectivity index (χ0) is 25.5. The Labute approximate surface area is 213 Å². The Bertz CT molecular complexity index is 1570. The van der Waals surface area contributed by atoms with Gasteiger partial charge in [0.1, 0.15) is 17.3 Å². The molecular weight excluding hydrogens is 468 g/mol. The molecule has 37 heavy (non-hydrogen) atoms. The van der Waals surface area contributed by atoms with Gasteiger partial charge >= 0.3 is 0 Å². The van der Waals surface area contributed by atoms with Gasteiger partial charge in [-0.1, -0.05) is 30.3 Å². The third-order valence-corrected chi connectivity index (χ3v) is 7.20. The monoisotopic (exact) mass is 494 g/mol. The number of carbonyl (C=O) groups is 2. The molecule has 3 heterocycles. The van der Waals surface area contributed by atoms with Gasteiger partial charge in [-0.15, -0.1) is 0 Å². The Hall–Kier alpha value is -4.52. The summed E-state index contributed by atoms with van der Waals surface area (Å²) >= 11 is 0. The number of nitrogens with zero attached hydrogens (tertiary/aromatic N) is 1. The molecule has 186 valence electrons. The maximum atomic E-state index is 13.4. The number of fused-ring (bicyclic) bond motifs is 2. The van der Waals surface area contributed by atoms with Crippen LogP contribution in [0.3, 0.4) is 0 Å².